The van der Waals surface area contributed by atoms with Gasteiger partial charge in [0.1, 0.15) is 11.1 Å². The number of piperidine rings is 2. The van der Waals surface area contributed by atoms with E-state index in [0.29, 0.717) is 49.4 Å². The van der Waals surface area contributed by atoms with Crippen LogP contribution >= 0.6 is 0 Å². The number of carbonyl (C=O) groups is 3. The molecule has 0 bridgehead atoms. The number of rotatable bonds is 5. The summed E-state index contributed by atoms with van der Waals surface area (Å²) in [6, 6.07) is 9.62. The fraction of sp³-hybridized carbons (Fsp3) is 0.462. The summed E-state index contributed by atoms with van der Waals surface area (Å²) in [7, 11) is 0. The van der Waals surface area contributed by atoms with Crippen LogP contribution in [0.4, 0.5) is 8.78 Å². The zero-order valence-corrected chi connectivity index (χ0v) is 20.0. The van der Waals surface area contributed by atoms with E-state index in [1.807, 2.05) is 0 Å². The lowest BCUT2D eigenvalue weighted by atomic mass is 9.87. The average Bonchev–Trinajstić information content (AvgIpc) is 3.20. The molecule has 3 amide bonds. The smallest absolute Gasteiger partial charge is 0.263 e. The van der Waals surface area contributed by atoms with Gasteiger partial charge in [-0.3, -0.25) is 29.6 Å². The number of nitrogens with zero attached hydrogens (tertiary/aromatic N) is 3. The Morgan fingerprint density at radius 3 is 2.39 bits per heavy atom. The molecule has 0 radical (unpaired) electrons. The third-order valence-electron chi connectivity index (χ3n) is 7.73. The van der Waals surface area contributed by atoms with Crippen molar-refractivity contribution >= 4 is 17.7 Å². The van der Waals surface area contributed by atoms with E-state index in [1.165, 1.54) is 17.0 Å². The van der Waals surface area contributed by atoms with Crippen LogP contribution in [0.15, 0.2) is 36.4 Å². The molecular weight excluding hydrogens is 470 g/mol. The molecule has 10 heteroatoms. The highest BCUT2D eigenvalue weighted by atomic mass is 19.3. The maximum atomic E-state index is 13.1. The molecule has 190 valence electrons. The number of nitrogens with one attached hydrogen (secondary N) is 1. The Bertz CT molecular complexity index is 1210. The summed E-state index contributed by atoms with van der Waals surface area (Å²) >= 11 is 0. The van der Waals surface area contributed by atoms with E-state index in [-0.39, 0.29) is 36.8 Å². The molecule has 3 aliphatic rings. The Balaban J connectivity index is 1.26. The molecule has 2 aromatic rings. The van der Waals surface area contributed by atoms with Gasteiger partial charge in [0.25, 0.3) is 18.2 Å². The number of likely N-dealkylation sites (tertiary alicyclic amines) is 1. The van der Waals surface area contributed by atoms with Gasteiger partial charge in [-0.05, 0) is 43.9 Å². The lowest BCUT2D eigenvalue weighted by Crippen LogP contribution is -2.61. The van der Waals surface area contributed by atoms with Crippen molar-refractivity contribution in [2.45, 2.75) is 63.3 Å². The van der Waals surface area contributed by atoms with Crippen LogP contribution in [0.25, 0.3) is 0 Å². The summed E-state index contributed by atoms with van der Waals surface area (Å²) in [5.41, 5.74) is 0.0440. The molecule has 1 aromatic carbocycles. The number of halogens is 2. The molecule has 0 spiro atoms. The van der Waals surface area contributed by atoms with Crippen molar-refractivity contribution in [1.82, 2.24) is 20.1 Å². The third-order valence-corrected chi connectivity index (χ3v) is 7.73. The van der Waals surface area contributed by atoms with Crippen LogP contribution in [-0.2, 0) is 28.3 Å². The van der Waals surface area contributed by atoms with Gasteiger partial charge in [0.2, 0.25) is 5.91 Å². The van der Waals surface area contributed by atoms with Crippen molar-refractivity contribution in [2.75, 3.05) is 13.1 Å². The van der Waals surface area contributed by atoms with Crippen LogP contribution in [-0.4, -0.2) is 56.2 Å². The second-order valence-electron chi connectivity index (χ2n) is 10.1. The SMILES string of the molecule is CC1(N2Cc3nc(C4(O)CCN(Cc5ccc(C(F)F)cc5)CC4)ccc3C2=O)CCC(=O)NC1=O. The zero-order chi connectivity index (χ0) is 25.7. The number of fused-ring (bicyclic) bond motifs is 1. The predicted molar refractivity (Wildman–Crippen MR) is 125 cm³/mol. The Hall–Kier alpha value is -3.24. The van der Waals surface area contributed by atoms with E-state index in [4.69, 9.17) is 0 Å². The summed E-state index contributed by atoms with van der Waals surface area (Å²) in [6.07, 6.45) is -1.21. The molecule has 5 rings (SSSR count). The van der Waals surface area contributed by atoms with Crippen LogP contribution in [0.5, 0.6) is 0 Å². The van der Waals surface area contributed by atoms with Crippen molar-refractivity contribution in [2.24, 2.45) is 0 Å². The predicted octanol–water partition coefficient (Wildman–Crippen LogP) is 2.65. The standard InChI is InChI=1S/C26H28F2N4O4/c1-25(9-8-21(33)30-24(25)35)32-15-19-18(23(32)34)6-7-20(29-19)26(36)10-12-31(13-11-26)14-16-2-4-17(5-3-16)22(27)28/h2-7,22,36H,8-15H2,1H3,(H,30,33,35). The highest BCUT2D eigenvalue weighted by molar-refractivity contribution is 6.07. The largest absolute Gasteiger partial charge is 0.383 e. The Kier molecular flexibility index (Phi) is 6.12. The van der Waals surface area contributed by atoms with Crippen molar-refractivity contribution in [3.63, 3.8) is 0 Å². The quantitative estimate of drug-likeness (QED) is 0.615. The van der Waals surface area contributed by atoms with Crippen LogP contribution in [0.1, 0.15) is 71.9 Å². The molecule has 1 aromatic heterocycles. The summed E-state index contributed by atoms with van der Waals surface area (Å²) in [6.45, 7) is 3.59. The number of hydrogen-bond acceptors (Lipinski definition) is 6. The summed E-state index contributed by atoms with van der Waals surface area (Å²) in [4.78, 5) is 45.5. The first-order valence-corrected chi connectivity index (χ1v) is 12.1. The fourth-order valence-electron chi connectivity index (χ4n) is 5.26. The molecule has 2 saturated heterocycles. The number of imide groups is 1. The maximum Gasteiger partial charge on any atom is 0.263 e. The van der Waals surface area contributed by atoms with E-state index < -0.39 is 23.5 Å². The highest BCUT2D eigenvalue weighted by Gasteiger charge is 2.49. The molecule has 2 N–H and O–H groups in total. The van der Waals surface area contributed by atoms with Crippen molar-refractivity contribution < 1.29 is 28.3 Å². The Morgan fingerprint density at radius 2 is 1.75 bits per heavy atom. The van der Waals surface area contributed by atoms with E-state index in [2.05, 4.69) is 15.2 Å². The van der Waals surface area contributed by atoms with Crippen molar-refractivity contribution in [1.29, 1.82) is 0 Å². The first-order valence-electron chi connectivity index (χ1n) is 12.1. The Labute approximate surface area is 207 Å². The van der Waals surface area contributed by atoms with Gasteiger partial charge in [-0.1, -0.05) is 24.3 Å². The molecule has 0 aliphatic carbocycles. The van der Waals surface area contributed by atoms with Gasteiger partial charge >= 0.3 is 0 Å². The number of alkyl halides is 2. The number of benzene rings is 1. The molecule has 1 unspecified atom stereocenters. The maximum absolute atomic E-state index is 13.1. The first kappa shape index (κ1) is 24.5. The lowest BCUT2D eigenvalue weighted by molar-refractivity contribution is -0.142. The second kappa shape index (κ2) is 9.01. The minimum Gasteiger partial charge on any atom is -0.383 e. The van der Waals surface area contributed by atoms with Gasteiger partial charge in [-0.15, -0.1) is 0 Å². The minimum atomic E-state index is -2.49. The molecule has 1 atom stereocenters. The van der Waals surface area contributed by atoms with Crippen molar-refractivity contribution in [3.8, 4) is 0 Å². The molecule has 8 nitrogen and oxygen atoms in total. The average molecular weight is 499 g/mol. The first-order chi connectivity index (χ1) is 17.1. The monoisotopic (exact) mass is 498 g/mol. The van der Waals surface area contributed by atoms with Gasteiger partial charge in [0.05, 0.1) is 23.5 Å². The van der Waals surface area contributed by atoms with Gasteiger partial charge in [-0.2, -0.15) is 0 Å². The van der Waals surface area contributed by atoms with Crippen molar-refractivity contribution in [3.05, 3.63) is 64.5 Å². The van der Waals surface area contributed by atoms with Gasteiger partial charge < -0.3 is 10.0 Å². The molecular formula is C26H28F2N4O4. The lowest BCUT2D eigenvalue weighted by Gasteiger charge is -2.39. The molecule has 36 heavy (non-hydrogen) atoms. The summed E-state index contributed by atoms with van der Waals surface area (Å²) < 4.78 is 25.6. The highest BCUT2D eigenvalue weighted by Crippen LogP contribution is 2.37. The number of carbonyl (C=O) groups excluding carboxylic acids is 3. The van der Waals surface area contributed by atoms with Crippen LogP contribution in [0.3, 0.4) is 0 Å². The molecule has 0 saturated carbocycles. The number of pyridine rings is 1. The number of aliphatic hydroxyl groups is 1. The third kappa shape index (κ3) is 4.28. The van der Waals surface area contributed by atoms with Gasteiger partial charge in [-0.25, -0.2) is 8.78 Å². The molecule has 3 aliphatic heterocycles. The topological polar surface area (TPSA) is 103 Å². The minimum absolute atomic E-state index is 0.00176. The Morgan fingerprint density at radius 1 is 1.06 bits per heavy atom. The van der Waals surface area contributed by atoms with E-state index >= 15 is 0 Å². The molecule has 4 heterocycles. The zero-order valence-electron chi connectivity index (χ0n) is 20.0. The van der Waals surface area contributed by atoms with Crippen LogP contribution in [0.2, 0.25) is 0 Å². The second-order valence-corrected chi connectivity index (χ2v) is 10.1. The molecule has 2 fully saturated rings. The van der Waals surface area contributed by atoms with E-state index in [9.17, 15) is 28.3 Å². The fourth-order valence-corrected chi connectivity index (χ4v) is 5.26. The van der Waals surface area contributed by atoms with Crippen LogP contribution in [0, 0.1) is 0 Å². The number of hydrogen-bond donors (Lipinski definition) is 2. The number of aromatic nitrogens is 1. The summed E-state index contributed by atoms with van der Waals surface area (Å²) in [5, 5.41) is 13.7. The summed E-state index contributed by atoms with van der Waals surface area (Å²) in [5.74, 6) is -1.15. The number of amides is 3. The van der Waals surface area contributed by atoms with E-state index in [0.717, 1.165) is 5.56 Å². The van der Waals surface area contributed by atoms with Gasteiger partial charge in [0, 0.05) is 31.6 Å². The van der Waals surface area contributed by atoms with Crippen LogP contribution < -0.4 is 5.32 Å². The van der Waals surface area contributed by atoms with E-state index in [1.54, 1.807) is 31.2 Å². The normalized spacial score (nSPS) is 24.2. The van der Waals surface area contributed by atoms with Gasteiger partial charge in [0.15, 0.2) is 0 Å².